The number of hydrogen-bond acceptors (Lipinski definition) is 3. The van der Waals surface area contributed by atoms with E-state index in [4.69, 9.17) is 10.7 Å². The van der Waals surface area contributed by atoms with E-state index in [1.54, 1.807) is 0 Å². The van der Waals surface area contributed by atoms with Crippen LogP contribution in [0.5, 0.6) is 0 Å². The summed E-state index contributed by atoms with van der Waals surface area (Å²) in [5.41, 5.74) is 5.02. The molecule has 0 saturated carbocycles. The first-order chi connectivity index (χ1) is 4.31. The zero-order valence-corrected chi connectivity index (χ0v) is 5.94. The number of nitrogens with one attached hydrogen (secondary N) is 1. The Hall–Kier alpha value is -0.880. The van der Waals surface area contributed by atoms with Crippen molar-refractivity contribution in [3.05, 3.63) is 0 Å². The molecular weight excluding hydrogens is 126 g/mol. The Morgan fingerprint density at radius 1 is 1.60 bits per heavy atom. The van der Waals surface area contributed by atoms with Crippen molar-refractivity contribution >= 4 is 5.71 Å². The Bertz CT molecular complexity index is 102. The maximum Gasteiger partial charge on any atom is 0.0728 e. The fraction of sp³-hybridized carbons (Fsp3) is 0.714. The van der Waals surface area contributed by atoms with Gasteiger partial charge in [0.15, 0.2) is 0 Å². The van der Waals surface area contributed by atoms with Gasteiger partial charge in [0.1, 0.15) is 0 Å². The fourth-order valence-electron chi connectivity index (χ4n) is 0.220. The summed E-state index contributed by atoms with van der Waals surface area (Å²) in [5, 5.41) is 14.9. The van der Waals surface area contributed by atoms with Gasteiger partial charge in [-0.25, -0.2) is 0 Å². The zero-order chi connectivity index (χ0) is 7.70. The van der Waals surface area contributed by atoms with Crippen molar-refractivity contribution < 1.29 is 0 Å². The molecule has 0 amide bonds. The topological polar surface area (TPSA) is 73.7 Å². The van der Waals surface area contributed by atoms with Gasteiger partial charge >= 0.3 is 0 Å². The summed E-state index contributed by atoms with van der Waals surface area (Å²) in [6.45, 7) is 1.87. The van der Waals surface area contributed by atoms with E-state index in [1.807, 2.05) is 13.0 Å². The number of hydrogen-bond donors (Lipinski definition) is 2. The fourth-order valence-corrected chi connectivity index (χ4v) is 0.220. The van der Waals surface area contributed by atoms with Crippen LogP contribution in [0.4, 0.5) is 0 Å². The van der Waals surface area contributed by atoms with E-state index in [0.29, 0.717) is 12.1 Å². The van der Waals surface area contributed by atoms with Crippen molar-refractivity contribution in [3.63, 3.8) is 0 Å². The van der Waals surface area contributed by atoms with Gasteiger partial charge in [-0.2, -0.15) is 5.26 Å². The van der Waals surface area contributed by atoms with Crippen LogP contribution in [0, 0.1) is 16.7 Å². The predicted molar refractivity (Wildman–Crippen MR) is 45.1 cm³/mol. The summed E-state index contributed by atoms with van der Waals surface area (Å²) in [6, 6.07) is 1.89. The molecule has 0 spiro atoms. The minimum atomic E-state index is 0. The Labute approximate surface area is 63.4 Å². The Kier molecular flexibility index (Phi) is 25.2. The molecule has 0 aromatic carbocycles. The summed E-state index contributed by atoms with van der Waals surface area (Å²) in [7, 11) is 1.50. The van der Waals surface area contributed by atoms with Crippen molar-refractivity contribution in [2.75, 3.05) is 7.05 Å². The molecule has 0 aromatic rings. The molecule has 3 N–H and O–H groups in total. The average molecular weight is 143 g/mol. The first-order valence-electron chi connectivity index (χ1n) is 2.82. The summed E-state index contributed by atoms with van der Waals surface area (Å²) in [4.78, 5) is 0. The molecule has 0 rings (SSSR count). The third-order valence-corrected chi connectivity index (χ3v) is 0.719. The van der Waals surface area contributed by atoms with Gasteiger partial charge in [0, 0.05) is 5.71 Å². The van der Waals surface area contributed by atoms with Crippen LogP contribution in [0.15, 0.2) is 0 Å². The van der Waals surface area contributed by atoms with Gasteiger partial charge in [0.25, 0.3) is 0 Å². The van der Waals surface area contributed by atoms with Gasteiger partial charge in [-0.1, -0.05) is 14.4 Å². The third kappa shape index (κ3) is 15.7. The van der Waals surface area contributed by atoms with Crippen LogP contribution in [0.2, 0.25) is 0 Å². The number of rotatable bonds is 2. The molecule has 0 aliphatic carbocycles. The molecule has 0 fully saturated rings. The summed E-state index contributed by atoms with van der Waals surface area (Å²) >= 11 is 0. The molecule has 10 heavy (non-hydrogen) atoms. The lowest BCUT2D eigenvalue weighted by molar-refractivity contribution is 1.18. The highest BCUT2D eigenvalue weighted by Crippen LogP contribution is 1.84. The highest BCUT2D eigenvalue weighted by Gasteiger charge is 1.86. The van der Waals surface area contributed by atoms with Crippen LogP contribution in [0.25, 0.3) is 0 Å². The summed E-state index contributed by atoms with van der Waals surface area (Å²) < 4.78 is 0. The minimum Gasteiger partial charge on any atom is -0.333 e. The molecule has 0 radical (unpaired) electrons. The molecule has 3 heteroatoms. The second-order valence-corrected chi connectivity index (χ2v) is 1.29. The molecule has 0 bridgehead atoms. The molecule has 0 aromatic heterocycles. The standard InChI is InChI=1S/C5H8N2.CH5N.CH4/c1-2-5(7)3-4-6;1-2;/h7H,2-3H2,1H3;2H2,1H3;1H4. The van der Waals surface area contributed by atoms with Crippen LogP contribution in [-0.2, 0) is 0 Å². The lowest BCUT2D eigenvalue weighted by Crippen LogP contribution is -1.88. The highest BCUT2D eigenvalue weighted by atomic mass is 14.4. The SMILES string of the molecule is C.CCC(=N)CC#N.CN. The lowest BCUT2D eigenvalue weighted by atomic mass is 10.2. The summed E-state index contributed by atoms with van der Waals surface area (Å²) in [6.07, 6.45) is 0.990. The number of nitrogens with two attached hydrogens (primary N) is 1. The molecule has 0 heterocycles. The van der Waals surface area contributed by atoms with Crippen molar-refractivity contribution in [1.29, 1.82) is 10.7 Å². The van der Waals surface area contributed by atoms with Crippen LogP contribution >= 0.6 is 0 Å². The first-order valence-corrected chi connectivity index (χ1v) is 2.82. The average Bonchev–Trinajstić information content (AvgIpc) is 1.93. The summed E-state index contributed by atoms with van der Waals surface area (Å²) in [5.74, 6) is 0. The maximum absolute atomic E-state index is 7.98. The van der Waals surface area contributed by atoms with E-state index in [-0.39, 0.29) is 13.8 Å². The monoisotopic (exact) mass is 143 g/mol. The number of nitriles is 1. The Morgan fingerprint density at radius 3 is 2.10 bits per heavy atom. The molecule has 3 nitrogen and oxygen atoms in total. The maximum atomic E-state index is 7.98. The Morgan fingerprint density at radius 2 is 2.00 bits per heavy atom. The van der Waals surface area contributed by atoms with Gasteiger partial charge in [0.2, 0.25) is 0 Å². The van der Waals surface area contributed by atoms with E-state index in [2.05, 4.69) is 5.73 Å². The molecule has 0 aliphatic rings. The van der Waals surface area contributed by atoms with Crippen molar-refractivity contribution in [1.82, 2.24) is 0 Å². The van der Waals surface area contributed by atoms with E-state index in [9.17, 15) is 0 Å². The number of nitrogens with zero attached hydrogens (tertiary/aromatic N) is 1. The van der Waals surface area contributed by atoms with Crippen molar-refractivity contribution in [2.45, 2.75) is 27.2 Å². The van der Waals surface area contributed by atoms with E-state index in [1.165, 1.54) is 7.05 Å². The first kappa shape index (κ1) is 16.1. The normalized spacial score (nSPS) is 5.80. The smallest absolute Gasteiger partial charge is 0.0728 e. The largest absolute Gasteiger partial charge is 0.333 e. The molecule has 60 valence electrons. The molecule has 0 atom stereocenters. The lowest BCUT2D eigenvalue weighted by Gasteiger charge is -1.84. The minimum absolute atomic E-state index is 0. The molecule has 0 unspecified atom stereocenters. The highest BCUT2D eigenvalue weighted by molar-refractivity contribution is 5.82. The van der Waals surface area contributed by atoms with Crippen LogP contribution < -0.4 is 5.73 Å². The van der Waals surface area contributed by atoms with E-state index in [0.717, 1.165) is 0 Å². The van der Waals surface area contributed by atoms with E-state index < -0.39 is 0 Å². The second kappa shape index (κ2) is 15.7. The Balaban J connectivity index is -0.000000149. The third-order valence-electron chi connectivity index (χ3n) is 0.719. The van der Waals surface area contributed by atoms with Crippen LogP contribution in [0.3, 0.4) is 0 Å². The zero-order valence-electron chi connectivity index (χ0n) is 5.94. The van der Waals surface area contributed by atoms with Gasteiger partial charge in [0.05, 0.1) is 12.5 Å². The van der Waals surface area contributed by atoms with E-state index >= 15 is 0 Å². The van der Waals surface area contributed by atoms with Crippen molar-refractivity contribution in [3.8, 4) is 6.07 Å². The van der Waals surface area contributed by atoms with Gasteiger partial charge < -0.3 is 11.1 Å². The van der Waals surface area contributed by atoms with Crippen LogP contribution in [-0.4, -0.2) is 12.8 Å². The quantitative estimate of drug-likeness (QED) is 0.575. The van der Waals surface area contributed by atoms with Gasteiger partial charge in [-0.05, 0) is 13.5 Å². The van der Waals surface area contributed by atoms with Crippen molar-refractivity contribution in [2.24, 2.45) is 5.73 Å². The predicted octanol–water partition coefficient (Wildman–Crippen LogP) is 1.54. The molecular formula is C7H17N3. The van der Waals surface area contributed by atoms with Gasteiger partial charge in [-0.3, -0.25) is 0 Å². The van der Waals surface area contributed by atoms with Crippen LogP contribution in [0.1, 0.15) is 27.2 Å². The second-order valence-electron chi connectivity index (χ2n) is 1.29. The molecule has 0 saturated heterocycles. The molecule has 0 aliphatic heterocycles. The van der Waals surface area contributed by atoms with Gasteiger partial charge in [-0.15, -0.1) is 0 Å².